The maximum atomic E-state index is 12.9. The van der Waals surface area contributed by atoms with E-state index in [2.05, 4.69) is 62.1 Å². The Balaban J connectivity index is 1.40. The summed E-state index contributed by atoms with van der Waals surface area (Å²) in [5.41, 5.74) is 4.05. The summed E-state index contributed by atoms with van der Waals surface area (Å²) in [6.07, 6.45) is 1.41. The van der Waals surface area contributed by atoms with Crippen molar-refractivity contribution in [3.63, 3.8) is 0 Å². The SMILES string of the molecule is CCN1CCN(Cc2ccc(-c3cn([C@H]4CC[C@H](O)CC4)c4nc(N[C@@H](C)CC(F)(F)F)ncc34)cc2)CC1. The zero-order valence-corrected chi connectivity index (χ0v) is 22.8. The van der Waals surface area contributed by atoms with E-state index in [0.29, 0.717) is 5.65 Å². The third-order valence-electron chi connectivity index (χ3n) is 8.13. The maximum Gasteiger partial charge on any atom is 0.391 e. The Bertz CT molecular complexity index is 1230. The fourth-order valence-electron chi connectivity index (χ4n) is 5.87. The van der Waals surface area contributed by atoms with Gasteiger partial charge in [0.15, 0.2) is 0 Å². The number of likely N-dealkylation sites (N-methyl/N-ethyl adjacent to an activating group) is 1. The average Bonchev–Trinajstić information content (AvgIpc) is 3.28. The topological polar surface area (TPSA) is 69.5 Å². The molecule has 1 saturated carbocycles. The third-order valence-corrected chi connectivity index (χ3v) is 8.13. The summed E-state index contributed by atoms with van der Waals surface area (Å²) in [5.74, 6) is 0.194. The third kappa shape index (κ3) is 6.91. The highest BCUT2D eigenvalue weighted by molar-refractivity contribution is 5.94. The van der Waals surface area contributed by atoms with Gasteiger partial charge in [0.2, 0.25) is 5.95 Å². The number of halogens is 3. The zero-order chi connectivity index (χ0) is 27.6. The molecule has 1 saturated heterocycles. The van der Waals surface area contributed by atoms with Crippen LogP contribution >= 0.6 is 0 Å². The Hall–Kier alpha value is -2.69. The first-order valence-corrected chi connectivity index (χ1v) is 14.1. The Labute approximate surface area is 228 Å². The van der Waals surface area contributed by atoms with Gasteiger partial charge in [-0.15, -0.1) is 0 Å². The molecule has 0 spiro atoms. The molecule has 2 fully saturated rings. The molecule has 3 aromatic rings. The quantitative estimate of drug-likeness (QED) is 0.392. The minimum absolute atomic E-state index is 0.168. The Morgan fingerprint density at radius 3 is 2.33 bits per heavy atom. The van der Waals surface area contributed by atoms with Gasteiger partial charge in [-0.2, -0.15) is 18.2 Å². The predicted molar refractivity (Wildman–Crippen MR) is 148 cm³/mol. The first kappa shape index (κ1) is 27.9. The summed E-state index contributed by atoms with van der Waals surface area (Å²) in [7, 11) is 0. The number of aromatic nitrogens is 3. The summed E-state index contributed by atoms with van der Waals surface area (Å²) >= 11 is 0. The second kappa shape index (κ2) is 11.8. The number of benzene rings is 1. The minimum Gasteiger partial charge on any atom is -0.393 e. The first-order chi connectivity index (χ1) is 18.7. The van der Waals surface area contributed by atoms with E-state index in [4.69, 9.17) is 4.98 Å². The Morgan fingerprint density at radius 2 is 1.69 bits per heavy atom. The number of hydrogen-bond donors (Lipinski definition) is 2. The van der Waals surface area contributed by atoms with Crippen LogP contribution in [0.2, 0.25) is 0 Å². The molecule has 1 aliphatic heterocycles. The molecule has 39 heavy (non-hydrogen) atoms. The Kier molecular flexibility index (Phi) is 8.44. The van der Waals surface area contributed by atoms with Crippen LogP contribution in [0.1, 0.15) is 57.6 Å². The van der Waals surface area contributed by atoms with Crippen molar-refractivity contribution >= 4 is 17.0 Å². The van der Waals surface area contributed by atoms with E-state index in [1.165, 1.54) is 12.5 Å². The van der Waals surface area contributed by atoms with Crippen molar-refractivity contribution in [2.75, 3.05) is 38.0 Å². The van der Waals surface area contributed by atoms with Crippen LogP contribution in [0.5, 0.6) is 0 Å². The van der Waals surface area contributed by atoms with Crippen molar-refractivity contribution in [2.24, 2.45) is 0 Å². The molecule has 1 aromatic carbocycles. The van der Waals surface area contributed by atoms with Crippen LogP contribution in [-0.2, 0) is 6.54 Å². The molecule has 2 N–H and O–H groups in total. The molecule has 3 heterocycles. The number of nitrogens with one attached hydrogen (secondary N) is 1. The van der Waals surface area contributed by atoms with E-state index in [1.54, 1.807) is 6.20 Å². The van der Waals surface area contributed by atoms with Crippen LogP contribution in [0.4, 0.5) is 19.1 Å². The molecule has 2 aromatic heterocycles. The van der Waals surface area contributed by atoms with E-state index in [1.807, 2.05) is 0 Å². The summed E-state index contributed by atoms with van der Waals surface area (Å²) in [6.45, 7) is 10.1. The van der Waals surface area contributed by atoms with E-state index < -0.39 is 18.6 Å². The molecule has 1 atom stereocenters. The molecule has 2 aliphatic rings. The van der Waals surface area contributed by atoms with Crippen molar-refractivity contribution in [1.82, 2.24) is 24.3 Å². The molecular formula is C29H39F3N6O. The standard InChI is InChI=1S/C29H39F3N6O/c1-3-36-12-14-37(15-13-36)18-21-4-6-22(7-5-21)26-19-38(23-8-10-24(39)11-9-23)27-25(26)17-33-28(35-27)34-20(2)16-29(30,31)32/h4-7,17,19-20,23-24,39H,3,8-16,18H2,1-2H3,(H,33,34,35)/t20-,23-,24-/m0/s1. The smallest absolute Gasteiger partial charge is 0.391 e. The fourth-order valence-corrected chi connectivity index (χ4v) is 5.87. The van der Waals surface area contributed by atoms with Gasteiger partial charge >= 0.3 is 6.18 Å². The largest absolute Gasteiger partial charge is 0.393 e. The lowest BCUT2D eigenvalue weighted by molar-refractivity contribution is -0.136. The molecule has 1 aliphatic carbocycles. The van der Waals surface area contributed by atoms with Gasteiger partial charge in [-0.05, 0) is 50.3 Å². The van der Waals surface area contributed by atoms with Crippen molar-refractivity contribution in [3.8, 4) is 11.1 Å². The van der Waals surface area contributed by atoms with Crippen LogP contribution in [0.15, 0.2) is 36.7 Å². The highest BCUT2D eigenvalue weighted by Crippen LogP contribution is 2.37. The van der Waals surface area contributed by atoms with E-state index in [9.17, 15) is 18.3 Å². The molecule has 0 amide bonds. The summed E-state index contributed by atoms with van der Waals surface area (Å²) in [6, 6.07) is 7.96. The van der Waals surface area contributed by atoms with Crippen LogP contribution in [0.25, 0.3) is 22.2 Å². The molecule has 0 bridgehead atoms. The van der Waals surface area contributed by atoms with E-state index >= 15 is 0 Å². The number of alkyl halides is 3. The second-order valence-corrected chi connectivity index (χ2v) is 11.1. The van der Waals surface area contributed by atoms with Gasteiger partial charge in [0.1, 0.15) is 5.65 Å². The number of nitrogens with zero attached hydrogens (tertiary/aromatic N) is 5. The second-order valence-electron chi connectivity index (χ2n) is 11.1. The van der Waals surface area contributed by atoms with Gasteiger partial charge in [0, 0.05) is 68.2 Å². The Morgan fingerprint density at radius 1 is 1.03 bits per heavy atom. The summed E-state index contributed by atoms with van der Waals surface area (Å²) in [5, 5.41) is 13.7. The van der Waals surface area contributed by atoms with Crippen LogP contribution < -0.4 is 5.32 Å². The van der Waals surface area contributed by atoms with Gasteiger partial charge < -0.3 is 19.9 Å². The van der Waals surface area contributed by atoms with Crippen LogP contribution in [0, 0.1) is 0 Å². The van der Waals surface area contributed by atoms with Crippen LogP contribution in [0.3, 0.4) is 0 Å². The number of hydrogen-bond acceptors (Lipinski definition) is 6. The molecule has 212 valence electrons. The normalized spacial score (nSPS) is 22.3. The number of rotatable bonds is 8. The molecule has 10 heteroatoms. The zero-order valence-electron chi connectivity index (χ0n) is 22.8. The lowest BCUT2D eigenvalue weighted by atomic mass is 9.93. The molecule has 7 nitrogen and oxygen atoms in total. The van der Waals surface area contributed by atoms with E-state index in [0.717, 1.165) is 81.5 Å². The lowest BCUT2D eigenvalue weighted by Gasteiger charge is -2.34. The first-order valence-electron chi connectivity index (χ1n) is 14.1. The van der Waals surface area contributed by atoms with Gasteiger partial charge in [0.05, 0.1) is 12.5 Å². The number of anilines is 1. The summed E-state index contributed by atoms with van der Waals surface area (Å²) in [4.78, 5) is 14.0. The van der Waals surface area contributed by atoms with Crippen molar-refractivity contribution < 1.29 is 18.3 Å². The monoisotopic (exact) mass is 544 g/mol. The highest BCUT2D eigenvalue weighted by atomic mass is 19.4. The number of fused-ring (bicyclic) bond motifs is 1. The minimum atomic E-state index is -4.26. The van der Waals surface area contributed by atoms with Gasteiger partial charge in [0.25, 0.3) is 0 Å². The van der Waals surface area contributed by atoms with Crippen molar-refractivity contribution in [1.29, 1.82) is 0 Å². The van der Waals surface area contributed by atoms with Crippen LogP contribution in [-0.4, -0.2) is 80.5 Å². The number of piperazine rings is 1. The van der Waals surface area contributed by atoms with Gasteiger partial charge in [-0.3, -0.25) is 4.90 Å². The van der Waals surface area contributed by atoms with Crippen molar-refractivity contribution in [2.45, 2.75) is 76.9 Å². The molecule has 0 radical (unpaired) electrons. The van der Waals surface area contributed by atoms with E-state index in [-0.39, 0.29) is 18.1 Å². The highest BCUT2D eigenvalue weighted by Gasteiger charge is 2.30. The number of aliphatic hydroxyl groups excluding tert-OH is 1. The molecule has 5 rings (SSSR count). The average molecular weight is 545 g/mol. The predicted octanol–water partition coefficient (Wildman–Crippen LogP) is 5.46. The van der Waals surface area contributed by atoms with Crippen molar-refractivity contribution in [3.05, 3.63) is 42.2 Å². The maximum absolute atomic E-state index is 12.9. The molecular weight excluding hydrogens is 505 g/mol. The van der Waals surface area contributed by atoms with Gasteiger partial charge in [-0.1, -0.05) is 31.2 Å². The molecule has 0 unspecified atom stereocenters. The lowest BCUT2D eigenvalue weighted by Crippen LogP contribution is -2.45. The summed E-state index contributed by atoms with van der Waals surface area (Å²) < 4.78 is 40.8. The fraction of sp³-hybridized carbons (Fsp3) is 0.586. The number of aliphatic hydroxyl groups is 1. The van der Waals surface area contributed by atoms with Gasteiger partial charge in [-0.25, -0.2) is 4.98 Å².